The van der Waals surface area contributed by atoms with Crippen LogP contribution in [0.3, 0.4) is 0 Å². The number of hydrogen-bond donors (Lipinski definition) is 0. The fraction of sp³-hybridized carbons (Fsp3) is 0.727. The Hall–Kier alpha value is -0.630. The van der Waals surface area contributed by atoms with Crippen molar-refractivity contribution in [3.05, 3.63) is 28.8 Å². The number of rotatable bonds is 4. The van der Waals surface area contributed by atoms with Crippen molar-refractivity contribution in [2.75, 3.05) is 13.2 Å². The topological polar surface area (TPSA) is 27.7 Å². The summed E-state index contributed by atoms with van der Waals surface area (Å²) < 4.78 is 18.6. The summed E-state index contributed by atoms with van der Waals surface area (Å²) in [7, 11) is -1.35. The van der Waals surface area contributed by atoms with Gasteiger partial charge in [0, 0.05) is 16.5 Å². The predicted molar refractivity (Wildman–Crippen MR) is 111 cm³/mol. The Morgan fingerprint density at radius 1 is 0.923 bits per heavy atom. The van der Waals surface area contributed by atoms with Gasteiger partial charge in [-0.1, -0.05) is 73.1 Å². The third-order valence-corrected chi connectivity index (χ3v) is 6.48. The van der Waals surface area contributed by atoms with Crippen LogP contribution in [-0.2, 0) is 19.9 Å². The highest BCUT2D eigenvalue weighted by atomic mass is 31.2. The maximum Gasteiger partial charge on any atom is 0.397 e. The average Bonchev–Trinajstić information content (AvgIpc) is 2.55. The summed E-state index contributed by atoms with van der Waals surface area (Å²) in [6.07, 6.45) is 2.13. The molecule has 0 atom stereocenters. The monoisotopic (exact) mass is 380 g/mol. The molecule has 1 fully saturated rings. The van der Waals surface area contributed by atoms with Crippen LogP contribution in [0.1, 0.15) is 84.9 Å². The molecule has 26 heavy (non-hydrogen) atoms. The van der Waals surface area contributed by atoms with Crippen molar-refractivity contribution in [2.45, 2.75) is 86.0 Å². The van der Waals surface area contributed by atoms with Crippen molar-refractivity contribution in [1.82, 2.24) is 0 Å². The molecule has 1 heterocycles. The van der Waals surface area contributed by atoms with E-state index < -0.39 is 8.60 Å². The third-order valence-electron chi connectivity index (χ3n) is 5.47. The lowest BCUT2D eigenvalue weighted by Crippen LogP contribution is -2.34. The van der Waals surface area contributed by atoms with Crippen LogP contribution >= 0.6 is 8.60 Å². The second-order valence-corrected chi connectivity index (χ2v) is 10.9. The van der Waals surface area contributed by atoms with Gasteiger partial charge in [-0.3, -0.25) is 0 Å². The lowest BCUT2D eigenvalue weighted by Gasteiger charge is -2.38. The van der Waals surface area contributed by atoms with Gasteiger partial charge in [-0.2, -0.15) is 0 Å². The molecule has 1 aromatic carbocycles. The zero-order valence-corrected chi connectivity index (χ0v) is 19.0. The van der Waals surface area contributed by atoms with E-state index in [2.05, 4.69) is 74.4 Å². The molecule has 1 aliphatic heterocycles. The summed E-state index contributed by atoms with van der Waals surface area (Å²) in [5.74, 6) is 0.946. The van der Waals surface area contributed by atoms with E-state index in [9.17, 15) is 0 Å². The zero-order chi connectivity index (χ0) is 19.8. The van der Waals surface area contributed by atoms with Crippen LogP contribution < -0.4 is 4.52 Å². The quantitative estimate of drug-likeness (QED) is 0.524. The van der Waals surface area contributed by atoms with Crippen LogP contribution in [0.5, 0.6) is 5.75 Å². The van der Waals surface area contributed by atoms with Gasteiger partial charge < -0.3 is 13.6 Å². The molecule has 0 bridgehead atoms. The minimum atomic E-state index is -1.35. The Morgan fingerprint density at radius 2 is 1.35 bits per heavy atom. The standard InChI is InChI=1S/C22H37O3P/c1-10-22(11-2)14-23-26(24-15-22)25-19-17(20(4,5)6)12-16(3)13-18(19)21(7,8)9/h12-13H,10-11,14-15H2,1-9H3. The molecule has 0 spiro atoms. The second kappa shape index (κ2) is 7.78. The summed E-state index contributed by atoms with van der Waals surface area (Å²) in [4.78, 5) is 0. The van der Waals surface area contributed by atoms with Crippen LogP contribution in [0, 0.1) is 12.3 Å². The highest BCUT2D eigenvalue weighted by Gasteiger charge is 2.38. The first-order valence-electron chi connectivity index (χ1n) is 9.81. The Morgan fingerprint density at radius 3 is 1.69 bits per heavy atom. The molecule has 0 radical (unpaired) electrons. The molecular formula is C22H37O3P. The molecule has 0 saturated carbocycles. The van der Waals surface area contributed by atoms with E-state index in [1.54, 1.807) is 0 Å². The molecule has 0 aliphatic carbocycles. The Bertz CT molecular complexity index is 576. The van der Waals surface area contributed by atoms with E-state index in [1.165, 1.54) is 16.7 Å². The van der Waals surface area contributed by atoms with Crippen molar-refractivity contribution in [3.63, 3.8) is 0 Å². The van der Waals surface area contributed by atoms with Gasteiger partial charge in [0.25, 0.3) is 0 Å². The summed E-state index contributed by atoms with van der Waals surface area (Å²) >= 11 is 0. The average molecular weight is 381 g/mol. The van der Waals surface area contributed by atoms with E-state index in [4.69, 9.17) is 13.6 Å². The maximum absolute atomic E-state index is 6.43. The van der Waals surface area contributed by atoms with E-state index in [0.717, 1.165) is 18.6 Å². The second-order valence-electron chi connectivity index (χ2n) is 9.76. The summed E-state index contributed by atoms with van der Waals surface area (Å²) in [5.41, 5.74) is 3.82. The van der Waals surface area contributed by atoms with Gasteiger partial charge in [0.15, 0.2) is 0 Å². The lowest BCUT2D eigenvalue weighted by molar-refractivity contribution is 0.0125. The van der Waals surface area contributed by atoms with E-state index >= 15 is 0 Å². The normalized spacial score (nSPS) is 18.8. The molecule has 3 nitrogen and oxygen atoms in total. The maximum atomic E-state index is 6.43. The van der Waals surface area contributed by atoms with Crippen LogP contribution in [0.2, 0.25) is 0 Å². The van der Waals surface area contributed by atoms with Gasteiger partial charge in [-0.05, 0) is 30.6 Å². The van der Waals surface area contributed by atoms with Gasteiger partial charge in [0.1, 0.15) is 5.75 Å². The summed E-state index contributed by atoms with van der Waals surface area (Å²) in [6, 6.07) is 4.48. The molecule has 0 unspecified atom stereocenters. The molecule has 0 N–H and O–H groups in total. The first-order valence-corrected chi connectivity index (χ1v) is 10.9. The van der Waals surface area contributed by atoms with Crippen LogP contribution in [0.15, 0.2) is 12.1 Å². The molecule has 2 rings (SSSR count). The molecular weight excluding hydrogens is 343 g/mol. The molecule has 0 aromatic heterocycles. The van der Waals surface area contributed by atoms with Gasteiger partial charge in [-0.15, -0.1) is 0 Å². The number of hydrogen-bond acceptors (Lipinski definition) is 3. The minimum absolute atomic E-state index is 0.0108. The molecule has 1 aliphatic rings. The minimum Gasteiger partial charge on any atom is -0.426 e. The van der Waals surface area contributed by atoms with Gasteiger partial charge in [0.2, 0.25) is 0 Å². The van der Waals surface area contributed by atoms with Gasteiger partial charge >= 0.3 is 8.60 Å². The largest absolute Gasteiger partial charge is 0.426 e. The number of aryl methyl sites for hydroxylation is 1. The highest BCUT2D eigenvalue weighted by molar-refractivity contribution is 7.42. The van der Waals surface area contributed by atoms with Gasteiger partial charge in [0.05, 0.1) is 13.2 Å². The van der Waals surface area contributed by atoms with E-state index in [1.807, 2.05) is 0 Å². The van der Waals surface area contributed by atoms with Crippen LogP contribution in [0.4, 0.5) is 0 Å². The summed E-state index contributed by atoms with van der Waals surface area (Å²) in [6.45, 7) is 21.4. The van der Waals surface area contributed by atoms with Crippen molar-refractivity contribution < 1.29 is 13.6 Å². The Labute approximate surface area is 161 Å². The SMILES string of the molecule is CCC1(CC)COP(Oc2c(C(C)(C)C)cc(C)cc2C(C)(C)C)OC1. The van der Waals surface area contributed by atoms with Crippen molar-refractivity contribution >= 4 is 8.60 Å². The van der Waals surface area contributed by atoms with Crippen molar-refractivity contribution in [3.8, 4) is 5.75 Å². The highest BCUT2D eigenvalue weighted by Crippen LogP contribution is 2.52. The molecule has 148 valence electrons. The lowest BCUT2D eigenvalue weighted by atomic mass is 9.78. The molecule has 4 heteroatoms. The fourth-order valence-corrected chi connectivity index (χ4v) is 4.51. The van der Waals surface area contributed by atoms with Crippen molar-refractivity contribution in [2.24, 2.45) is 5.41 Å². The molecule has 0 amide bonds. The van der Waals surface area contributed by atoms with Crippen LogP contribution in [-0.4, -0.2) is 13.2 Å². The van der Waals surface area contributed by atoms with E-state index in [0.29, 0.717) is 13.2 Å². The fourth-order valence-electron chi connectivity index (χ4n) is 3.23. The smallest absolute Gasteiger partial charge is 0.397 e. The summed E-state index contributed by atoms with van der Waals surface area (Å²) in [5, 5.41) is 0. The first kappa shape index (κ1) is 21.7. The third kappa shape index (κ3) is 4.80. The molecule has 1 saturated heterocycles. The molecule has 1 aromatic rings. The van der Waals surface area contributed by atoms with E-state index in [-0.39, 0.29) is 16.2 Å². The van der Waals surface area contributed by atoms with Gasteiger partial charge in [-0.25, -0.2) is 0 Å². The number of benzene rings is 1. The zero-order valence-electron chi connectivity index (χ0n) is 18.2. The van der Waals surface area contributed by atoms with Crippen LogP contribution in [0.25, 0.3) is 0 Å². The predicted octanol–water partition coefficient (Wildman–Crippen LogP) is 7.05. The Kier molecular flexibility index (Phi) is 6.48. The first-order chi connectivity index (χ1) is 11.9. The Balaban J connectivity index is 2.37. The van der Waals surface area contributed by atoms with Crippen molar-refractivity contribution in [1.29, 1.82) is 0 Å².